The Kier molecular flexibility index (Phi) is 2.88. The molecular formula is C9H12FN3O. The molecule has 1 aromatic heterocycles. The zero-order chi connectivity index (χ0) is 9.80. The molecule has 0 saturated carbocycles. The summed E-state index contributed by atoms with van der Waals surface area (Å²) in [5.74, 6) is 0.0727. The summed E-state index contributed by atoms with van der Waals surface area (Å²) >= 11 is 0. The molecule has 2 heterocycles. The van der Waals surface area contributed by atoms with Gasteiger partial charge in [0.1, 0.15) is 0 Å². The molecule has 0 amide bonds. The molecule has 1 fully saturated rings. The fraction of sp³-hybridized carbons (Fsp3) is 0.556. The standard InChI is InChI=1S/C9H12FN3O/c10-8-4-12-9(13-5-8)14-6-7-1-2-11-3-7/h4-5,7,11H,1-3,6H2/t7-/m1/s1. The quantitative estimate of drug-likeness (QED) is 0.771. The molecule has 0 aliphatic carbocycles. The van der Waals surface area contributed by atoms with Crippen molar-refractivity contribution in [3.63, 3.8) is 0 Å². The van der Waals surface area contributed by atoms with E-state index in [1.807, 2.05) is 0 Å². The van der Waals surface area contributed by atoms with Crippen molar-refractivity contribution >= 4 is 0 Å². The average Bonchev–Trinajstić information content (AvgIpc) is 2.70. The Balaban J connectivity index is 1.82. The van der Waals surface area contributed by atoms with Crippen LogP contribution in [0, 0.1) is 11.7 Å². The van der Waals surface area contributed by atoms with E-state index in [0.29, 0.717) is 12.5 Å². The van der Waals surface area contributed by atoms with E-state index in [2.05, 4.69) is 15.3 Å². The molecule has 0 aromatic carbocycles. The lowest BCUT2D eigenvalue weighted by Gasteiger charge is -2.08. The van der Waals surface area contributed by atoms with E-state index in [0.717, 1.165) is 31.9 Å². The number of rotatable bonds is 3. The molecule has 0 bridgehead atoms. The van der Waals surface area contributed by atoms with E-state index >= 15 is 0 Å². The van der Waals surface area contributed by atoms with Gasteiger partial charge in [-0.1, -0.05) is 0 Å². The molecule has 4 nitrogen and oxygen atoms in total. The lowest BCUT2D eigenvalue weighted by atomic mass is 10.1. The zero-order valence-corrected chi connectivity index (χ0v) is 7.74. The minimum Gasteiger partial charge on any atom is -0.463 e. The van der Waals surface area contributed by atoms with Gasteiger partial charge in [-0.3, -0.25) is 0 Å². The third-order valence-electron chi connectivity index (χ3n) is 2.21. The number of nitrogens with zero attached hydrogens (tertiary/aromatic N) is 2. The molecule has 0 unspecified atom stereocenters. The van der Waals surface area contributed by atoms with Gasteiger partial charge in [0, 0.05) is 12.5 Å². The highest BCUT2D eigenvalue weighted by Gasteiger charge is 2.15. The molecule has 1 saturated heterocycles. The molecule has 5 heteroatoms. The van der Waals surface area contributed by atoms with Crippen LogP contribution in [-0.4, -0.2) is 29.7 Å². The maximum absolute atomic E-state index is 12.4. The van der Waals surface area contributed by atoms with E-state index < -0.39 is 5.82 Å². The second-order valence-electron chi connectivity index (χ2n) is 3.35. The highest BCUT2D eigenvalue weighted by atomic mass is 19.1. The van der Waals surface area contributed by atoms with Crippen LogP contribution in [0.15, 0.2) is 12.4 Å². The van der Waals surface area contributed by atoms with Gasteiger partial charge in [-0.2, -0.15) is 0 Å². The van der Waals surface area contributed by atoms with Crippen molar-refractivity contribution in [2.75, 3.05) is 19.7 Å². The molecular weight excluding hydrogens is 185 g/mol. The van der Waals surface area contributed by atoms with Gasteiger partial charge in [-0.25, -0.2) is 14.4 Å². The van der Waals surface area contributed by atoms with Crippen LogP contribution in [0.3, 0.4) is 0 Å². The minimum absolute atomic E-state index is 0.248. The van der Waals surface area contributed by atoms with Crippen LogP contribution in [0.1, 0.15) is 6.42 Å². The van der Waals surface area contributed by atoms with E-state index in [9.17, 15) is 4.39 Å². The van der Waals surface area contributed by atoms with Crippen molar-refractivity contribution in [2.45, 2.75) is 6.42 Å². The summed E-state index contributed by atoms with van der Waals surface area (Å²) in [5, 5.41) is 3.24. The van der Waals surface area contributed by atoms with Gasteiger partial charge < -0.3 is 10.1 Å². The fourth-order valence-corrected chi connectivity index (χ4v) is 1.42. The predicted octanol–water partition coefficient (Wildman–Crippen LogP) is 0.604. The summed E-state index contributed by atoms with van der Waals surface area (Å²) in [6, 6.07) is 0.248. The maximum Gasteiger partial charge on any atom is 0.316 e. The second kappa shape index (κ2) is 4.32. The van der Waals surface area contributed by atoms with Crippen molar-refractivity contribution in [1.82, 2.24) is 15.3 Å². The first-order valence-corrected chi connectivity index (χ1v) is 4.65. The first-order valence-electron chi connectivity index (χ1n) is 4.65. The summed E-state index contributed by atoms with van der Waals surface area (Å²) in [5.41, 5.74) is 0. The van der Waals surface area contributed by atoms with Crippen molar-refractivity contribution in [1.29, 1.82) is 0 Å². The van der Waals surface area contributed by atoms with Crippen LogP contribution in [0.2, 0.25) is 0 Å². The number of ether oxygens (including phenoxy) is 1. The highest BCUT2D eigenvalue weighted by Crippen LogP contribution is 2.09. The van der Waals surface area contributed by atoms with Crippen LogP contribution in [0.4, 0.5) is 4.39 Å². The Morgan fingerprint density at radius 3 is 2.93 bits per heavy atom. The Morgan fingerprint density at radius 1 is 1.50 bits per heavy atom. The molecule has 1 aliphatic rings. The van der Waals surface area contributed by atoms with Gasteiger partial charge in [0.15, 0.2) is 5.82 Å². The Labute approximate surface area is 81.5 Å². The summed E-state index contributed by atoms with van der Waals surface area (Å²) in [7, 11) is 0. The lowest BCUT2D eigenvalue weighted by molar-refractivity contribution is 0.240. The number of hydrogen-bond donors (Lipinski definition) is 1. The van der Waals surface area contributed by atoms with Crippen LogP contribution < -0.4 is 10.1 Å². The summed E-state index contributed by atoms with van der Waals surface area (Å²) < 4.78 is 17.8. The molecule has 1 atom stereocenters. The molecule has 1 aliphatic heterocycles. The first-order chi connectivity index (χ1) is 6.84. The summed E-state index contributed by atoms with van der Waals surface area (Å²) in [4.78, 5) is 7.42. The Hall–Kier alpha value is -1.23. The number of nitrogens with one attached hydrogen (secondary N) is 1. The zero-order valence-electron chi connectivity index (χ0n) is 7.74. The monoisotopic (exact) mass is 197 g/mol. The van der Waals surface area contributed by atoms with Crippen molar-refractivity contribution < 1.29 is 9.13 Å². The molecule has 14 heavy (non-hydrogen) atoms. The van der Waals surface area contributed by atoms with Gasteiger partial charge in [-0.05, 0) is 13.0 Å². The second-order valence-corrected chi connectivity index (χ2v) is 3.35. The van der Waals surface area contributed by atoms with Crippen LogP contribution in [-0.2, 0) is 0 Å². The van der Waals surface area contributed by atoms with Gasteiger partial charge in [0.05, 0.1) is 19.0 Å². The van der Waals surface area contributed by atoms with E-state index in [1.165, 1.54) is 0 Å². The smallest absolute Gasteiger partial charge is 0.316 e. The molecule has 0 spiro atoms. The van der Waals surface area contributed by atoms with Crippen molar-refractivity contribution in [3.05, 3.63) is 18.2 Å². The summed E-state index contributed by atoms with van der Waals surface area (Å²) in [6.45, 7) is 2.61. The SMILES string of the molecule is Fc1cnc(OC[C@@H]2CCNC2)nc1. The van der Waals surface area contributed by atoms with Gasteiger partial charge in [-0.15, -0.1) is 0 Å². The van der Waals surface area contributed by atoms with Crippen molar-refractivity contribution in [3.8, 4) is 6.01 Å². The average molecular weight is 197 g/mol. The minimum atomic E-state index is -0.445. The predicted molar refractivity (Wildman–Crippen MR) is 48.5 cm³/mol. The normalized spacial score (nSPS) is 21.1. The molecule has 1 N–H and O–H groups in total. The van der Waals surface area contributed by atoms with E-state index in [-0.39, 0.29) is 6.01 Å². The van der Waals surface area contributed by atoms with Crippen LogP contribution in [0.25, 0.3) is 0 Å². The van der Waals surface area contributed by atoms with Crippen LogP contribution >= 0.6 is 0 Å². The van der Waals surface area contributed by atoms with E-state index in [1.54, 1.807) is 0 Å². The largest absolute Gasteiger partial charge is 0.463 e. The van der Waals surface area contributed by atoms with E-state index in [4.69, 9.17) is 4.74 Å². The molecule has 2 rings (SSSR count). The number of halogens is 1. The number of aromatic nitrogens is 2. The molecule has 76 valence electrons. The third-order valence-corrected chi connectivity index (χ3v) is 2.21. The number of hydrogen-bond acceptors (Lipinski definition) is 4. The van der Waals surface area contributed by atoms with Gasteiger partial charge in [0.25, 0.3) is 0 Å². The molecule has 1 aromatic rings. The third kappa shape index (κ3) is 2.38. The van der Waals surface area contributed by atoms with Gasteiger partial charge in [0.2, 0.25) is 0 Å². The highest BCUT2D eigenvalue weighted by molar-refractivity contribution is 4.95. The fourth-order valence-electron chi connectivity index (χ4n) is 1.42. The van der Waals surface area contributed by atoms with Crippen LogP contribution in [0.5, 0.6) is 6.01 Å². The Morgan fingerprint density at radius 2 is 2.29 bits per heavy atom. The summed E-state index contributed by atoms with van der Waals surface area (Å²) in [6.07, 6.45) is 3.33. The Bertz CT molecular complexity index is 285. The molecule has 0 radical (unpaired) electrons. The first kappa shape index (κ1) is 9.33. The lowest BCUT2D eigenvalue weighted by Crippen LogP contribution is -2.16. The van der Waals surface area contributed by atoms with Crippen molar-refractivity contribution in [2.24, 2.45) is 5.92 Å². The maximum atomic E-state index is 12.4. The topological polar surface area (TPSA) is 47.0 Å². The van der Waals surface area contributed by atoms with Gasteiger partial charge >= 0.3 is 6.01 Å².